The Kier molecular flexibility index (Phi) is 2.35. The quantitative estimate of drug-likeness (QED) is 0.528. The van der Waals surface area contributed by atoms with Crippen LogP contribution in [-0.2, 0) is 0 Å². The number of aryl methyl sites for hydroxylation is 1. The number of aromatic nitrogens is 3. The Morgan fingerprint density at radius 3 is 2.90 bits per heavy atom. The van der Waals surface area contributed by atoms with E-state index in [1.165, 1.54) is 0 Å². The second-order valence-corrected chi connectivity index (χ2v) is 5.04. The summed E-state index contributed by atoms with van der Waals surface area (Å²) in [6.45, 7) is 1.91. The van der Waals surface area contributed by atoms with Gasteiger partial charge in [-0.2, -0.15) is 5.10 Å². The first-order valence-electron chi connectivity index (χ1n) is 6.22. The fraction of sp³-hybridized carbons (Fsp3) is 0.0667. The van der Waals surface area contributed by atoms with Gasteiger partial charge in [0.25, 0.3) is 0 Å². The molecule has 0 fully saturated rings. The Bertz CT molecular complexity index is 906. The Balaban J connectivity index is 1.99. The van der Waals surface area contributed by atoms with Crippen molar-refractivity contribution in [3.63, 3.8) is 0 Å². The first-order valence-corrected chi connectivity index (χ1v) is 6.60. The van der Waals surface area contributed by atoms with Gasteiger partial charge in [-0.1, -0.05) is 29.8 Å². The molecule has 5 heteroatoms. The molecule has 0 unspecified atom stereocenters. The SMILES string of the molecule is Cc1cc2ncc(-c3cc4ccccc4o3)n2nc1Cl. The number of nitrogens with zero attached hydrogens (tertiary/aromatic N) is 3. The zero-order valence-electron chi connectivity index (χ0n) is 10.7. The van der Waals surface area contributed by atoms with Crippen LogP contribution >= 0.6 is 11.6 Å². The largest absolute Gasteiger partial charge is 0.454 e. The van der Waals surface area contributed by atoms with Crippen LogP contribution in [0.1, 0.15) is 5.56 Å². The summed E-state index contributed by atoms with van der Waals surface area (Å²) < 4.78 is 7.55. The van der Waals surface area contributed by atoms with Crippen LogP contribution in [0.3, 0.4) is 0 Å². The molecule has 98 valence electrons. The number of para-hydroxylation sites is 1. The first kappa shape index (κ1) is 11.5. The van der Waals surface area contributed by atoms with E-state index in [0.717, 1.165) is 33.6 Å². The summed E-state index contributed by atoms with van der Waals surface area (Å²) in [5.74, 6) is 0.728. The van der Waals surface area contributed by atoms with Gasteiger partial charge in [0.15, 0.2) is 16.6 Å². The van der Waals surface area contributed by atoms with Crippen molar-refractivity contribution in [3.05, 3.63) is 53.3 Å². The van der Waals surface area contributed by atoms with E-state index < -0.39 is 0 Å². The third-order valence-electron chi connectivity index (χ3n) is 3.30. The van der Waals surface area contributed by atoms with Gasteiger partial charge in [-0.05, 0) is 30.7 Å². The average Bonchev–Trinajstić information content (AvgIpc) is 3.02. The molecule has 0 saturated heterocycles. The van der Waals surface area contributed by atoms with Crippen molar-refractivity contribution in [3.8, 4) is 11.5 Å². The molecule has 4 rings (SSSR count). The van der Waals surface area contributed by atoms with Gasteiger partial charge in [0.1, 0.15) is 11.3 Å². The van der Waals surface area contributed by atoms with Gasteiger partial charge in [0.05, 0.1) is 6.20 Å². The molecular formula is C15H10ClN3O. The van der Waals surface area contributed by atoms with E-state index in [1.807, 2.05) is 43.3 Å². The Hall–Kier alpha value is -2.33. The lowest BCUT2D eigenvalue weighted by Gasteiger charge is -2.00. The lowest BCUT2D eigenvalue weighted by Crippen LogP contribution is -1.95. The van der Waals surface area contributed by atoms with Crippen LogP contribution in [0.25, 0.3) is 28.1 Å². The standard InChI is InChI=1S/C15H10ClN3O/c1-9-6-14-17-8-11(19(14)18-15(9)16)13-7-10-4-2-3-5-12(10)20-13/h2-8H,1H3. The Morgan fingerprint density at radius 1 is 1.20 bits per heavy atom. The maximum atomic E-state index is 6.09. The Labute approximate surface area is 119 Å². The van der Waals surface area contributed by atoms with Crippen molar-refractivity contribution in [2.45, 2.75) is 6.92 Å². The minimum absolute atomic E-state index is 0.466. The number of halogens is 1. The van der Waals surface area contributed by atoms with Crippen LogP contribution in [0.2, 0.25) is 5.15 Å². The van der Waals surface area contributed by atoms with E-state index in [-0.39, 0.29) is 0 Å². The average molecular weight is 284 g/mol. The number of benzene rings is 1. The molecule has 0 aliphatic rings. The maximum Gasteiger partial charge on any atom is 0.155 e. The summed E-state index contributed by atoms with van der Waals surface area (Å²) in [5, 5.41) is 5.86. The second-order valence-electron chi connectivity index (χ2n) is 4.68. The summed E-state index contributed by atoms with van der Waals surface area (Å²) in [6.07, 6.45) is 1.75. The molecule has 3 aromatic heterocycles. The zero-order valence-corrected chi connectivity index (χ0v) is 11.4. The minimum atomic E-state index is 0.466. The molecule has 4 nitrogen and oxygen atoms in total. The summed E-state index contributed by atoms with van der Waals surface area (Å²) in [4.78, 5) is 4.35. The van der Waals surface area contributed by atoms with Crippen LogP contribution in [0.5, 0.6) is 0 Å². The summed E-state index contributed by atoms with van der Waals surface area (Å²) >= 11 is 6.09. The van der Waals surface area contributed by atoms with Crippen molar-refractivity contribution < 1.29 is 4.42 Å². The molecule has 0 aliphatic carbocycles. The molecular weight excluding hydrogens is 274 g/mol. The number of fused-ring (bicyclic) bond motifs is 2. The maximum absolute atomic E-state index is 6.09. The normalized spacial score (nSPS) is 11.5. The first-order chi connectivity index (χ1) is 9.72. The van der Waals surface area contributed by atoms with E-state index in [1.54, 1.807) is 10.7 Å². The fourth-order valence-corrected chi connectivity index (χ4v) is 2.39. The van der Waals surface area contributed by atoms with Gasteiger partial charge in [-0.25, -0.2) is 9.50 Å². The molecule has 0 aliphatic heterocycles. The molecule has 0 saturated carbocycles. The second kappa shape index (κ2) is 4.08. The smallest absolute Gasteiger partial charge is 0.155 e. The zero-order chi connectivity index (χ0) is 13.7. The van der Waals surface area contributed by atoms with E-state index in [4.69, 9.17) is 16.0 Å². The predicted molar refractivity (Wildman–Crippen MR) is 77.9 cm³/mol. The van der Waals surface area contributed by atoms with Gasteiger partial charge in [-0.15, -0.1) is 0 Å². The highest BCUT2D eigenvalue weighted by Crippen LogP contribution is 2.28. The molecule has 0 spiro atoms. The summed E-state index contributed by atoms with van der Waals surface area (Å²) in [7, 11) is 0. The minimum Gasteiger partial charge on any atom is -0.454 e. The highest BCUT2D eigenvalue weighted by Gasteiger charge is 2.13. The van der Waals surface area contributed by atoms with Crippen LogP contribution in [0, 0.1) is 6.92 Å². The van der Waals surface area contributed by atoms with Gasteiger partial charge in [0, 0.05) is 5.39 Å². The van der Waals surface area contributed by atoms with Crippen molar-refractivity contribution in [2.24, 2.45) is 0 Å². The molecule has 4 aromatic rings. The molecule has 0 bridgehead atoms. The van der Waals surface area contributed by atoms with Crippen molar-refractivity contribution in [1.82, 2.24) is 14.6 Å². The number of hydrogen-bond donors (Lipinski definition) is 0. The van der Waals surface area contributed by atoms with Crippen LogP contribution in [-0.4, -0.2) is 14.6 Å². The number of furan rings is 1. The lowest BCUT2D eigenvalue weighted by molar-refractivity contribution is 0.625. The fourth-order valence-electron chi connectivity index (χ4n) is 2.26. The van der Waals surface area contributed by atoms with Crippen LogP contribution < -0.4 is 0 Å². The van der Waals surface area contributed by atoms with E-state index in [0.29, 0.717) is 5.15 Å². The summed E-state index contributed by atoms with van der Waals surface area (Å²) in [5.41, 5.74) is 3.29. The number of rotatable bonds is 1. The molecule has 0 atom stereocenters. The molecule has 20 heavy (non-hydrogen) atoms. The van der Waals surface area contributed by atoms with Crippen molar-refractivity contribution in [2.75, 3.05) is 0 Å². The highest BCUT2D eigenvalue weighted by atomic mass is 35.5. The van der Waals surface area contributed by atoms with Crippen LogP contribution in [0.4, 0.5) is 0 Å². The molecule has 1 aromatic carbocycles. The van der Waals surface area contributed by atoms with Crippen LogP contribution in [0.15, 0.2) is 47.0 Å². The lowest BCUT2D eigenvalue weighted by atomic mass is 10.2. The third kappa shape index (κ3) is 1.62. The summed E-state index contributed by atoms with van der Waals surface area (Å²) in [6, 6.07) is 11.8. The van der Waals surface area contributed by atoms with Gasteiger partial charge in [0.2, 0.25) is 0 Å². The Morgan fingerprint density at radius 2 is 2.05 bits per heavy atom. The van der Waals surface area contributed by atoms with E-state index in [9.17, 15) is 0 Å². The van der Waals surface area contributed by atoms with Crippen molar-refractivity contribution >= 4 is 28.2 Å². The number of hydrogen-bond acceptors (Lipinski definition) is 3. The predicted octanol–water partition coefficient (Wildman–Crippen LogP) is 4.10. The molecule has 0 radical (unpaired) electrons. The highest BCUT2D eigenvalue weighted by molar-refractivity contribution is 6.30. The number of imidazole rings is 1. The molecule has 3 heterocycles. The van der Waals surface area contributed by atoms with E-state index >= 15 is 0 Å². The van der Waals surface area contributed by atoms with E-state index in [2.05, 4.69) is 10.1 Å². The van der Waals surface area contributed by atoms with Gasteiger partial charge < -0.3 is 4.42 Å². The van der Waals surface area contributed by atoms with Crippen molar-refractivity contribution in [1.29, 1.82) is 0 Å². The molecule has 0 amide bonds. The topological polar surface area (TPSA) is 43.3 Å². The van der Waals surface area contributed by atoms with Gasteiger partial charge in [-0.3, -0.25) is 0 Å². The monoisotopic (exact) mass is 283 g/mol. The van der Waals surface area contributed by atoms with Gasteiger partial charge >= 0.3 is 0 Å². The third-order valence-corrected chi connectivity index (χ3v) is 3.67. The molecule has 0 N–H and O–H groups in total.